The number of rotatable bonds is 4. The second-order valence-electron chi connectivity index (χ2n) is 6.37. The first-order valence-electron chi connectivity index (χ1n) is 7.81. The fraction of sp³-hybridized carbons (Fsp3) is 0.867. The van der Waals surface area contributed by atoms with Gasteiger partial charge in [-0.3, -0.25) is 14.5 Å². The van der Waals surface area contributed by atoms with Crippen LogP contribution in [-0.4, -0.2) is 71.7 Å². The Bertz CT molecular complexity index is 370. The van der Waals surface area contributed by atoms with E-state index in [9.17, 15) is 9.59 Å². The third kappa shape index (κ3) is 4.97. The fourth-order valence-electron chi connectivity index (χ4n) is 3.27. The van der Waals surface area contributed by atoms with E-state index in [2.05, 4.69) is 4.90 Å². The second-order valence-corrected chi connectivity index (χ2v) is 6.37. The van der Waals surface area contributed by atoms with Crippen molar-refractivity contribution in [3.8, 4) is 0 Å². The number of nitrogens with zero attached hydrogens (tertiary/aromatic N) is 2. The average molecular weight is 298 g/mol. The lowest BCUT2D eigenvalue weighted by Gasteiger charge is -2.37. The summed E-state index contributed by atoms with van der Waals surface area (Å²) in [5.74, 6) is -0.299. The Labute approximate surface area is 126 Å². The van der Waals surface area contributed by atoms with E-state index in [-0.39, 0.29) is 30.5 Å². The molecule has 2 heterocycles. The molecule has 6 nitrogen and oxygen atoms in total. The Morgan fingerprint density at radius 2 is 1.71 bits per heavy atom. The van der Waals surface area contributed by atoms with E-state index in [0.717, 1.165) is 25.9 Å². The number of carbonyl (C=O) groups excluding carboxylic acids is 1. The van der Waals surface area contributed by atoms with Gasteiger partial charge in [-0.05, 0) is 45.7 Å². The summed E-state index contributed by atoms with van der Waals surface area (Å²) in [4.78, 5) is 27.1. The van der Waals surface area contributed by atoms with Crippen LogP contribution in [0.5, 0.6) is 0 Å². The number of amides is 1. The van der Waals surface area contributed by atoms with Gasteiger partial charge in [0, 0.05) is 19.5 Å². The monoisotopic (exact) mass is 298 g/mol. The largest absolute Gasteiger partial charge is 0.481 e. The summed E-state index contributed by atoms with van der Waals surface area (Å²) in [5.41, 5.74) is 0. The first kappa shape index (κ1) is 16.2. The van der Waals surface area contributed by atoms with Gasteiger partial charge in [0.15, 0.2) is 0 Å². The van der Waals surface area contributed by atoms with Gasteiger partial charge in [0.05, 0.1) is 18.8 Å². The molecule has 120 valence electrons. The predicted octanol–water partition coefficient (Wildman–Crippen LogP) is 0.809. The minimum Gasteiger partial charge on any atom is -0.481 e. The third-order valence-electron chi connectivity index (χ3n) is 4.30. The molecule has 2 fully saturated rings. The molecule has 2 rings (SSSR count). The molecule has 2 aliphatic rings. The van der Waals surface area contributed by atoms with Crippen LogP contribution in [0.3, 0.4) is 0 Å². The minimum absolute atomic E-state index is 0.0963. The van der Waals surface area contributed by atoms with Crippen molar-refractivity contribution in [2.75, 3.05) is 32.7 Å². The quantitative estimate of drug-likeness (QED) is 0.831. The molecule has 21 heavy (non-hydrogen) atoms. The zero-order valence-corrected chi connectivity index (χ0v) is 13.0. The van der Waals surface area contributed by atoms with Crippen molar-refractivity contribution in [2.24, 2.45) is 5.92 Å². The summed E-state index contributed by atoms with van der Waals surface area (Å²) in [7, 11) is 0. The number of hydrogen-bond acceptors (Lipinski definition) is 4. The highest BCUT2D eigenvalue weighted by molar-refractivity contribution is 5.78. The normalized spacial score (nSPS) is 28.6. The molecule has 0 saturated carbocycles. The Kier molecular flexibility index (Phi) is 5.58. The molecular formula is C15H26N2O4. The third-order valence-corrected chi connectivity index (χ3v) is 4.30. The summed E-state index contributed by atoms with van der Waals surface area (Å²) in [6.07, 6.45) is 2.18. The fourth-order valence-corrected chi connectivity index (χ4v) is 3.27. The maximum atomic E-state index is 12.4. The van der Waals surface area contributed by atoms with Gasteiger partial charge < -0.3 is 14.7 Å². The molecule has 2 saturated heterocycles. The summed E-state index contributed by atoms with van der Waals surface area (Å²) in [6.45, 7) is 7.40. The number of piperidine rings is 1. The van der Waals surface area contributed by atoms with Gasteiger partial charge in [-0.25, -0.2) is 0 Å². The molecule has 0 aromatic rings. The molecule has 0 aromatic carbocycles. The molecule has 1 amide bonds. The highest BCUT2D eigenvalue weighted by atomic mass is 16.5. The number of carboxylic acids is 1. The zero-order valence-electron chi connectivity index (χ0n) is 13.0. The van der Waals surface area contributed by atoms with Crippen LogP contribution in [-0.2, 0) is 14.3 Å². The van der Waals surface area contributed by atoms with Crippen molar-refractivity contribution in [2.45, 2.75) is 45.3 Å². The van der Waals surface area contributed by atoms with Crippen molar-refractivity contribution in [1.29, 1.82) is 0 Å². The molecule has 2 aliphatic heterocycles. The van der Waals surface area contributed by atoms with Gasteiger partial charge in [-0.2, -0.15) is 0 Å². The number of likely N-dealkylation sites (tertiary alicyclic amines) is 1. The predicted molar refractivity (Wildman–Crippen MR) is 78.0 cm³/mol. The van der Waals surface area contributed by atoms with E-state index < -0.39 is 5.97 Å². The van der Waals surface area contributed by atoms with E-state index in [4.69, 9.17) is 9.84 Å². The van der Waals surface area contributed by atoms with Crippen molar-refractivity contribution in [3.63, 3.8) is 0 Å². The average Bonchev–Trinajstić information content (AvgIpc) is 2.39. The van der Waals surface area contributed by atoms with E-state index in [1.54, 1.807) is 0 Å². The topological polar surface area (TPSA) is 70.1 Å². The molecule has 0 spiro atoms. The highest BCUT2D eigenvalue weighted by Gasteiger charge is 2.28. The number of carboxylic acid groups (broad SMARTS) is 1. The van der Waals surface area contributed by atoms with E-state index in [1.807, 2.05) is 18.7 Å². The van der Waals surface area contributed by atoms with Crippen LogP contribution >= 0.6 is 0 Å². The van der Waals surface area contributed by atoms with Crippen molar-refractivity contribution >= 4 is 11.9 Å². The Hall–Kier alpha value is -1.14. The summed E-state index contributed by atoms with van der Waals surface area (Å²) < 4.78 is 5.64. The van der Waals surface area contributed by atoms with Gasteiger partial charge >= 0.3 is 5.97 Å². The number of hydrogen-bond donors (Lipinski definition) is 1. The number of carbonyl (C=O) groups is 2. The molecule has 0 bridgehead atoms. The molecule has 2 unspecified atom stereocenters. The van der Waals surface area contributed by atoms with Gasteiger partial charge in [0.25, 0.3) is 0 Å². The Morgan fingerprint density at radius 3 is 2.24 bits per heavy atom. The summed E-state index contributed by atoms with van der Waals surface area (Å²) in [5, 5.41) is 8.81. The van der Waals surface area contributed by atoms with Crippen LogP contribution in [0.1, 0.15) is 33.1 Å². The Morgan fingerprint density at radius 1 is 1.14 bits per heavy atom. The molecule has 6 heteroatoms. The molecule has 0 aromatic heterocycles. The first-order chi connectivity index (χ1) is 9.94. The molecular weight excluding hydrogens is 272 g/mol. The lowest BCUT2D eigenvalue weighted by Crippen LogP contribution is -2.51. The number of ether oxygens (including phenoxy) is 1. The SMILES string of the molecule is CC1CN(C(=O)CN2CCC(CC(=O)O)CC2)CC(C)O1. The lowest BCUT2D eigenvalue weighted by atomic mass is 9.93. The maximum Gasteiger partial charge on any atom is 0.303 e. The van der Waals surface area contributed by atoms with Crippen LogP contribution in [0, 0.1) is 5.92 Å². The molecule has 0 radical (unpaired) electrons. The minimum atomic E-state index is -0.721. The standard InChI is InChI=1S/C15H26N2O4/c1-11-8-17(9-12(2)21-11)14(18)10-16-5-3-13(4-6-16)7-15(19)20/h11-13H,3-10H2,1-2H3,(H,19,20). The van der Waals surface area contributed by atoms with Crippen molar-refractivity contribution in [3.05, 3.63) is 0 Å². The molecule has 0 aliphatic carbocycles. The van der Waals surface area contributed by atoms with Crippen LogP contribution in [0.15, 0.2) is 0 Å². The van der Waals surface area contributed by atoms with Gasteiger partial charge in [0.1, 0.15) is 0 Å². The maximum absolute atomic E-state index is 12.4. The van der Waals surface area contributed by atoms with Gasteiger partial charge in [-0.15, -0.1) is 0 Å². The molecule has 2 atom stereocenters. The molecule has 1 N–H and O–H groups in total. The van der Waals surface area contributed by atoms with Crippen LogP contribution < -0.4 is 0 Å². The Balaban J connectivity index is 1.75. The van der Waals surface area contributed by atoms with Crippen molar-refractivity contribution < 1.29 is 19.4 Å². The number of aliphatic carboxylic acids is 1. The number of morpholine rings is 1. The van der Waals surface area contributed by atoms with E-state index in [1.165, 1.54) is 0 Å². The summed E-state index contributed by atoms with van der Waals surface area (Å²) >= 11 is 0. The van der Waals surface area contributed by atoms with Crippen LogP contribution in [0.4, 0.5) is 0 Å². The van der Waals surface area contributed by atoms with Crippen molar-refractivity contribution in [1.82, 2.24) is 9.80 Å². The van der Waals surface area contributed by atoms with Gasteiger partial charge in [-0.1, -0.05) is 0 Å². The van der Waals surface area contributed by atoms with E-state index in [0.29, 0.717) is 19.6 Å². The summed E-state index contributed by atoms with van der Waals surface area (Å²) in [6, 6.07) is 0. The zero-order chi connectivity index (χ0) is 15.4. The highest BCUT2D eigenvalue weighted by Crippen LogP contribution is 2.20. The smallest absolute Gasteiger partial charge is 0.303 e. The van der Waals surface area contributed by atoms with Crippen LogP contribution in [0.25, 0.3) is 0 Å². The lowest BCUT2D eigenvalue weighted by molar-refractivity contribution is -0.145. The van der Waals surface area contributed by atoms with Crippen LogP contribution in [0.2, 0.25) is 0 Å². The first-order valence-corrected chi connectivity index (χ1v) is 7.81. The van der Waals surface area contributed by atoms with E-state index >= 15 is 0 Å². The second kappa shape index (κ2) is 7.22. The van der Waals surface area contributed by atoms with Gasteiger partial charge in [0.2, 0.25) is 5.91 Å².